The third-order valence-corrected chi connectivity index (χ3v) is 1.49. The van der Waals surface area contributed by atoms with Crippen LogP contribution in [-0.2, 0) is 4.79 Å². The zero-order chi connectivity index (χ0) is 10.6. The van der Waals surface area contributed by atoms with Crippen LogP contribution >= 0.6 is 0 Å². The Hall–Kier alpha value is -2.17. The molecule has 0 radical (unpaired) electrons. The summed E-state index contributed by atoms with van der Waals surface area (Å²) in [6.07, 6.45) is 2.06. The average Bonchev–Trinajstić information content (AvgIpc) is 2.15. The number of carbonyl (C=O) groups excluding carboxylic acids is 1. The third-order valence-electron chi connectivity index (χ3n) is 1.49. The number of nitro benzene ring substituents is 1. The van der Waals surface area contributed by atoms with Gasteiger partial charge in [-0.15, -0.1) is 0 Å². The van der Waals surface area contributed by atoms with Gasteiger partial charge in [-0.2, -0.15) is 0 Å². The summed E-state index contributed by atoms with van der Waals surface area (Å²) in [4.78, 5) is 19.9. The molecule has 0 heterocycles. The lowest BCUT2D eigenvalue weighted by Gasteiger charge is -1.94. The molecule has 0 aliphatic heterocycles. The van der Waals surface area contributed by atoms with Gasteiger partial charge in [0, 0.05) is 12.1 Å². The normalized spacial score (nSPS) is 10.3. The van der Waals surface area contributed by atoms with Crippen LogP contribution in [0.3, 0.4) is 0 Å². The van der Waals surface area contributed by atoms with Crippen LogP contribution in [0.1, 0.15) is 5.56 Å². The number of nitrogens with zero attached hydrogens (tertiary/aromatic N) is 1. The van der Waals surface area contributed by atoms with Crippen molar-refractivity contribution in [3.8, 4) is 0 Å². The molecule has 0 atom stereocenters. The van der Waals surface area contributed by atoms with Gasteiger partial charge >= 0.3 is 0 Å². The molecule has 0 aromatic heterocycles. The van der Waals surface area contributed by atoms with E-state index in [1.807, 2.05) is 0 Å². The minimum absolute atomic E-state index is 0.0782. The Morgan fingerprint density at radius 1 is 1.43 bits per heavy atom. The van der Waals surface area contributed by atoms with Gasteiger partial charge in [-0.3, -0.25) is 10.1 Å². The first-order chi connectivity index (χ1) is 6.59. The van der Waals surface area contributed by atoms with Crippen LogP contribution in [0.4, 0.5) is 5.69 Å². The van der Waals surface area contributed by atoms with E-state index in [9.17, 15) is 20.0 Å². The van der Waals surface area contributed by atoms with Crippen molar-refractivity contribution in [3.05, 3.63) is 46.0 Å². The van der Waals surface area contributed by atoms with Gasteiger partial charge in [0.05, 0.1) is 10.9 Å². The Morgan fingerprint density at radius 2 is 2.14 bits per heavy atom. The van der Waals surface area contributed by atoms with Gasteiger partial charge in [-0.25, -0.2) is 0 Å². The molecule has 1 rings (SSSR count). The number of aliphatic carboxylic acids is 1. The molecule has 0 aliphatic rings. The summed E-state index contributed by atoms with van der Waals surface area (Å²) in [5.74, 6) is -1.34. The Bertz CT molecular complexity index is 398. The maximum atomic E-state index is 10.3. The molecule has 1 aromatic carbocycles. The topological polar surface area (TPSA) is 83.3 Å². The lowest BCUT2D eigenvalue weighted by atomic mass is 10.2. The standard InChI is InChI=1S/C9H7NO4/c11-9(12)5-4-7-2-1-3-8(6-7)10(13)14/h1-6H,(H,11,12)/p-1. The van der Waals surface area contributed by atoms with Crippen LogP contribution in [0, 0.1) is 10.1 Å². The van der Waals surface area contributed by atoms with Gasteiger partial charge in [0.15, 0.2) is 0 Å². The number of carboxylic acids is 1. The Morgan fingerprint density at radius 3 is 2.71 bits per heavy atom. The molecule has 0 bridgehead atoms. The van der Waals surface area contributed by atoms with Crippen LogP contribution in [0.2, 0.25) is 0 Å². The molecule has 5 heteroatoms. The molecule has 0 amide bonds. The van der Waals surface area contributed by atoms with E-state index in [0.717, 1.165) is 6.08 Å². The van der Waals surface area contributed by atoms with Crippen LogP contribution in [0.25, 0.3) is 6.08 Å². The van der Waals surface area contributed by atoms with Gasteiger partial charge in [-0.1, -0.05) is 18.2 Å². The Balaban J connectivity index is 2.94. The molecule has 0 fully saturated rings. The van der Waals surface area contributed by atoms with Gasteiger partial charge in [0.1, 0.15) is 0 Å². The molecule has 0 saturated carbocycles. The molecule has 0 spiro atoms. The Labute approximate surface area is 79.4 Å². The number of nitro groups is 1. The van der Waals surface area contributed by atoms with Gasteiger partial charge < -0.3 is 9.90 Å². The van der Waals surface area contributed by atoms with Gasteiger partial charge in [0.2, 0.25) is 0 Å². The molecule has 72 valence electrons. The maximum Gasteiger partial charge on any atom is 0.270 e. The smallest absolute Gasteiger partial charge is 0.270 e. The Kier molecular flexibility index (Phi) is 2.96. The van der Waals surface area contributed by atoms with Crippen molar-refractivity contribution in [2.24, 2.45) is 0 Å². The van der Waals surface area contributed by atoms with Crippen molar-refractivity contribution in [2.45, 2.75) is 0 Å². The van der Waals surface area contributed by atoms with E-state index in [0.29, 0.717) is 5.56 Å². The molecular weight excluding hydrogens is 186 g/mol. The fourth-order valence-electron chi connectivity index (χ4n) is 0.906. The van der Waals surface area contributed by atoms with Crippen molar-refractivity contribution in [3.63, 3.8) is 0 Å². The quantitative estimate of drug-likeness (QED) is 0.393. The number of hydrogen-bond acceptors (Lipinski definition) is 4. The summed E-state index contributed by atoms with van der Waals surface area (Å²) >= 11 is 0. The van der Waals surface area contributed by atoms with E-state index in [1.165, 1.54) is 24.3 Å². The summed E-state index contributed by atoms with van der Waals surface area (Å²) in [6, 6.07) is 5.65. The highest BCUT2D eigenvalue weighted by Gasteiger charge is 2.03. The fourth-order valence-corrected chi connectivity index (χ4v) is 0.906. The lowest BCUT2D eigenvalue weighted by molar-refractivity contribution is -0.384. The molecule has 0 saturated heterocycles. The highest BCUT2D eigenvalue weighted by atomic mass is 16.6. The van der Waals surface area contributed by atoms with E-state index in [2.05, 4.69) is 0 Å². The SMILES string of the molecule is O=C([O-])C=Cc1cccc([N+](=O)[O-])c1. The monoisotopic (exact) mass is 192 g/mol. The van der Waals surface area contributed by atoms with E-state index < -0.39 is 10.9 Å². The van der Waals surface area contributed by atoms with E-state index in [4.69, 9.17) is 0 Å². The van der Waals surface area contributed by atoms with Crippen LogP contribution in [0.15, 0.2) is 30.3 Å². The first-order valence-corrected chi connectivity index (χ1v) is 3.73. The second kappa shape index (κ2) is 4.18. The number of rotatable bonds is 3. The average molecular weight is 192 g/mol. The van der Waals surface area contributed by atoms with Gasteiger partial charge in [0.25, 0.3) is 5.69 Å². The molecule has 0 unspecified atom stereocenters. The van der Waals surface area contributed by atoms with E-state index in [-0.39, 0.29) is 5.69 Å². The number of non-ortho nitro benzene ring substituents is 1. The molecule has 1 aromatic rings. The summed E-state index contributed by atoms with van der Waals surface area (Å²) in [5, 5.41) is 20.4. The summed E-state index contributed by atoms with van der Waals surface area (Å²) < 4.78 is 0. The van der Waals surface area contributed by atoms with Crippen LogP contribution in [-0.4, -0.2) is 10.9 Å². The molecule has 0 N–H and O–H groups in total. The molecule has 14 heavy (non-hydrogen) atoms. The van der Waals surface area contributed by atoms with Crippen molar-refractivity contribution in [2.75, 3.05) is 0 Å². The van der Waals surface area contributed by atoms with E-state index in [1.54, 1.807) is 6.07 Å². The lowest BCUT2D eigenvalue weighted by Crippen LogP contribution is -2.18. The molecule has 5 nitrogen and oxygen atoms in total. The summed E-state index contributed by atoms with van der Waals surface area (Å²) in [7, 11) is 0. The number of carboxylic acid groups (broad SMARTS) is 1. The predicted octanol–water partition coefficient (Wildman–Crippen LogP) is 0.358. The first kappa shape index (κ1) is 9.91. The van der Waals surface area contributed by atoms with Crippen LogP contribution in [0.5, 0.6) is 0 Å². The maximum absolute atomic E-state index is 10.3. The highest BCUT2D eigenvalue weighted by Crippen LogP contribution is 2.13. The van der Waals surface area contributed by atoms with Crippen molar-refractivity contribution in [1.82, 2.24) is 0 Å². The zero-order valence-corrected chi connectivity index (χ0v) is 7.04. The predicted molar refractivity (Wildman–Crippen MR) is 47.1 cm³/mol. The second-order valence-corrected chi connectivity index (χ2v) is 2.50. The van der Waals surface area contributed by atoms with Crippen LogP contribution < -0.4 is 5.11 Å². The number of hydrogen-bond donors (Lipinski definition) is 0. The molecular formula is C9H6NO4-. The summed E-state index contributed by atoms with van der Waals surface area (Å²) in [6.45, 7) is 0. The fraction of sp³-hybridized carbons (Fsp3) is 0. The third kappa shape index (κ3) is 2.71. The number of benzene rings is 1. The zero-order valence-electron chi connectivity index (χ0n) is 7.04. The van der Waals surface area contributed by atoms with E-state index >= 15 is 0 Å². The second-order valence-electron chi connectivity index (χ2n) is 2.50. The number of carbonyl (C=O) groups is 1. The first-order valence-electron chi connectivity index (χ1n) is 3.73. The molecule has 0 aliphatic carbocycles. The largest absolute Gasteiger partial charge is 0.545 e. The highest BCUT2D eigenvalue weighted by molar-refractivity contribution is 5.83. The van der Waals surface area contributed by atoms with Gasteiger partial charge in [-0.05, 0) is 11.6 Å². The van der Waals surface area contributed by atoms with Crippen molar-refractivity contribution < 1.29 is 14.8 Å². The minimum Gasteiger partial charge on any atom is -0.545 e. The van der Waals surface area contributed by atoms with Crippen molar-refractivity contribution >= 4 is 17.7 Å². The minimum atomic E-state index is -1.34. The summed E-state index contributed by atoms with van der Waals surface area (Å²) in [5.41, 5.74) is 0.369. The van der Waals surface area contributed by atoms with Crippen molar-refractivity contribution in [1.29, 1.82) is 0 Å².